The van der Waals surface area contributed by atoms with Gasteiger partial charge < -0.3 is 14.4 Å². The van der Waals surface area contributed by atoms with Gasteiger partial charge in [-0.05, 0) is 239 Å². The zero-order valence-electron chi connectivity index (χ0n) is 50.8. The number of hydrogen-bond donors (Lipinski definition) is 0. The third-order valence-corrected chi connectivity index (χ3v) is 412. The van der Waals surface area contributed by atoms with Crippen molar-refractivity contribution in [2.75, 3.05) is 16.8 Å². The van der Waals surface area contributed by atoms with Crippen LogP contribution in [0.25, 0.3) is 27.6 Å². The minimum atomic E-state index is -1.06. The van der Waals surface area contributed by atoms with E-state index in [0.29, 0.717) is 0 Å². The van der Waals surface area contributed by atoms with E-state index >= 15 is 0 Å². The van der Waals surface area contributed by atoms with Crippen LogP contribution in [-0.4, -0.2) is 16.6 Å². The minimum Gasteiger partial charge on any atom is -0.504 e. The summed E-state index contributed by atoms with van der Waals surface area (Å²) in [4.78, 5) is 9.71. The summed E-state index contributed by atoms with van der Waals surface area (Å²) in [6, 6.07) is 48.0. The van der Waals surface area contributed by atoms with Crippen LogP contribution in [0.5, 0.6) is 0 Å². The van der Waals surface area contributed by atoms with Gasteiger partial charge in [0.15, 0.2) is 0 Å². The Bertz CT molecular complexity index is 3230. The monoisotopic (exact) mass is 2580 g/mol. The zero-order valence-corrected chi connectivity index (χ0v) is 115. The summed E-state index contributed by atoms with van der Waals surface area (Å²) in [5.74, 6) is 0.951. The standard InChI is InChI=1S/C32H83N4P60.Pt/c1-34-21-35(29-14-5-4-13-28(29)34)24-10-8-9-22(19-24)32(23-16-17-26-25-11-2-3-12-27(25)36(30(26)20-23)31-15-6-7-18-33-31,69(87(85(67-37)71(39)40)91(73(43)44)74(45)46)89(93(77(51)52)78(53)54)94(79(55)56)80(57)58)70(88(86(68-38)72(41)42)92(75(47)48)76(49)50)90(95(81(59)60)82(61)62)96(83(63)64)84(65)66;/h2-18,21,67-68H,37-66H2,1H3;/q-3;. The predicted octanol–water partition coefficient (Wildman–Crippen LogP) is 41.9. The average molecular weight is 2580 g/mol. The normalized spacial score (nSPS) is 16.6. The minimum absolute atomic E-state index is 0. The second-order valence-electron chi connectivity index (χ2n) is 18.8. The molecule has 0 amide bonds. The van der Waals surface area contributed by atoms with Crippen molar-refractivity contribution in [2.45, 2.75) is 4.90 Å². The molecule has 0 aliphatic carbocycles. The average Bonchev–Trinajstić information content (AvgIpc) is 1.22. The van der Waals surface area contributed by atoms with Crippen LogP contribution in [0.4, 0.5) is 17.1 Å². The largest absolute Gasteiger partial charge is 0.504 e. The third kappa shape index (κ3) is 27.8. The van der Waals surface area contributed by atoms with Crippen molar-refractivity contribution in [3.05, 3.63) is 133 Å². The summed E-state index contributed by atoms with van der Waals surface area (Å²) in [5, 5.41) is 2.52. The van der Waals surface area contributed by atoms with E-state index in [1.54, 1.807) is 0 Å². The van der Waals surface area contributed by atoms with Gasteiger partial charge in [0.25, 0.3) is 0 Å². The summed E-state index contributed by atoms with van der Waals surface area (Å²) in [6.07, 6.45) is 2.00. The molecular formula is C32H83N4P60Pt-3. The van der Waals surface area contributed by atoms with Gasteiger partial charge in [0, 0.05) is 49.1 Å². The Hall–Kier alpha value is 21.9. The molecule has 0 saturated heterocycles. The maximum atomic E-state index is 5.34. The van der Waals surface area contributed by atoms with E-state index in [9.17, 15) is 0 Å². The maximum absolute atomic E-state index is 5.34. The fraction of sp³-hybridized carbons (Fsp3) is 0.0625. The van der Waals surface area contributed by atoms with Crippen LogP contribution in [0.15, 0.2) is 103 Å². The van der Waals surface area contributed by atoms with Gasteiger partial charge in [-0.1, -0.05) is 57.8 Å². The quantitative estimate of drug-likeness (QED) is 0.0297. The summed E-state index contributed by atoms with van der Waals surface area (Å²) in [6.45, 7) is -13.1. The Morgan fingerprint density at radius 2 is 0.763 bits per heavy atom. The van der Waals surface area contributed by atoms with Crippen LogP contribution >= 0.6 is 480 Å². The van der Waals surface area contributed by atoms with E-state index in [-0.39, 0.29) is 21.1 Å². The van der Waals surface area contributed by atoms with Crippen molar-refractivity contribution < 1.29 is 21.1 Å². The van der Waals surface area contributed by atoms with Crippen LogP contribution in [-0.2, 0) is 26.0 Å². The summed E-state index contributed by atoms with van der Waals surface area (Å²) in [5.41, 5.74) is 8.94. The number of rotatable bonds is 34. The second-order valence-corrected chi connectivity index (χ2v) is 258. The molecule has 7 rings (SSSR count). The van der Waals surface area contributed by atoms with Crippen LogP contribution in [0, 0.1) is 18.8 Å². The van der Waals surface area contributed by atoms with Gasteiger partial charge in [0.05, 0.1) is 0 Å². The zero-order chi connectivity index (χ0) is 71.4. The van der Waals surface area contributed by atoms with Crippen molar-refractivity contribution in [2.24, 2.45) is 0 Å². The molecule has 4 nitrogen and oxygen atoms in total. The van der Waals surface area contributed by atoms with Crippen LogP contribution < -0.4 is 9.80 Å². The fourth-order valence-corrected chi connectivity index (χ4v) is 788. The number of aromatic nitrogens is 2. The number of para-hydroxylation sites is 3. The van der Waals surface area contributed by atoms with Gasteiger partial charge in [-0.15, -0.1) is 290 Å². The van der Waals surface area contributed by atoms with E-state index in [2.05, 4.69) is 393 Å². The van der Waals surface area contributed by atoms with E-state index in [1.807, 2.05) is 6.20 Å². The van der Waals surface area contributed by atoms with E-state index in [4.69, 9.17) is 17.1 Å². The van der Waals surface area contributed by atoms with Crippen molar-refractivity contribution in [3.63, 3.8) is 0 Å². The van der Waals surface area contributed by atoms with Gasteiger partial charge in [-0.2, -0.15) is 49.1 Å². The molecule has 38 atom stereocenters. The first-order chi connectivity index (χ1) is 45.2. The summed E-state index contributed by atoms with van der Waals surface area (Å²) >= 11 is 0. The summed E-state index contributed by atoms with van der Waals surface area (Å²) < 4.78 is 2.54. The Morgan fingerprint density at radius 1 is 0.381 bits per heavy atom. The molecule has 2 aromatic heterocycles. The molecule has 3 heterocycles. The number of nitrogens with zero attached hydrogens (tertiary/aromatic N) is 4. The van der Waals surface area contributed by atoms with E-state index in [0.717, 1.165) is 27.4 Å². The molecule has 0 bridgehead atoms. The molecule has 544 valence electrons. The number of pyridine rings is 1. The molecule has 1 aliphatic rings. The molecule has 0 fully saturated rings. The van der Waals surface area contributed by atoms with Crippen molar-refractivity contribution in [3.8, 4) is 5.82 Å². The Labute approximate surface area is 700 Å². The molecule has 1 aliphatic heterocycles. The fourth-order valence-electron chi connectivity index (χ4n) is 9.55. The van der Waals surface area contributed by atoms with Crippen molar-refractivity contribution >= 4 is 519 Å². The number of anilines is 3. The first-order valence-corrected chi connectivity index (χ1v) is 134. The van der Waals surface area contributed by atoms with E-state index in [1.165, 1.54) is 44.3 Å². The number of fused-ring (bicyclic) bond motifs is 4. The van der Waals surface area contributed by atoms with E-state index < -0.39 is 201 Å². The molecule has 97 heavy (non-hydrogen) atoms. The summed E-state index contributed by atoms with van der Waals surface area (Å²) in [7, 11) is 111. The van der Waals surface area contributed by atoms with Crippen molar-refractivity contribution in [1.82, 2.24) is 9.55 Å². The van der Waals surface area contributed by atoms with Gasteiger partial charge >= 0.3 is 0 Å². The molecular weight excluding hydrogens is 2490 g/mol. The molecule has 0 saturated carbocycles. The van der Waals surface area contributed by atoms with Crippen molar-refractivity contribution in [1.29, 1.82) is 0 Å². The van der Waals surface area contributed by atoms with Gasteiger partial charge in [0.2, 0.25) is 0 Å². The Kier molecular flexibility index (Phi) is 59.2. The molecule has 4 aromatic carbocycles. The molecule has 0 N–H and O–H groups in total. The number of hydrogen-bond acceptors (Lipinski definition) is 3. The SMILES string of the molecule is CN1[CH-]N(c2[c-]c(C(c3[c-]c4c(cc3)c3ccccc3n4-c3ccccn3)(P(P(P(PP)P(P)P)P(P(P)P)P(P)P)P(P(P(P)P)P(P)P)P(P(P)P)P(P)P)P(P(P(PP)P(P)P)P(P(P)P)P(P)P)P(P(P(P)P)P(P)P)P(P(P)P)P(P)P)ccc2)c2ccccc21.[Pt]. The molecule has 38 unspecified atom stereocenters. The predicted molar refractivity (Wildman–Crippen MR) is 646 cm³/mol. The maximum Gasteiger partial charge on any atom is 0.135 e. The van der Waals surface area contributed by atoms with Gasteiger partial charge in [-0.25, -0.2) is 4.98 Å². The second kappa shape index (κ2) is 53.3. The number of benzene rings is 4. The first-order valence-electron chi connectivity index (χ1n) is 25.8. The third-order valence-electron chi connectivity index (χ3n) is 12.8. The van der Waals surface area contributed by atoms with Gasteiger partial charge in [0.1, 0.15) is 5.82 Å². The Balaban J connectivity index is 0.0000149. The van der Waals surface area contributed by atoms with Crippen LogP contribution in [0.3, 0.4) is 0 Å². The topological polar surface area (TPSA) is 24.3 Å². The molecule has 65 heteroatoms. The Morgan fingerprint density at radius 3 is 1.15 bits per heavy atom. The first kappa shape index (κ1) is 108. The van der Waals surface area contributed by atoms with Gasteiger partial charge in [-0.3, -0.25) is 0 Å². The van der Waals surface area contributed by atoms with Crippen LogP contribution in [0.2, 0.25) is 0 Å². The molecule has 0 radical (unpaired) electrons. The molecule has 0 spiro atoms. The smallest absolute Gasteiger partial charge is 0.135 e. The molecule has 6 aromatic rings. The van der Waals surface area contributed by atoms with Crippen LogP contribution in [0.1, 0.15) is 11.1 Å².